The molecule has 2 aromatic heterocycles. The average molecular weight is 1270 g/mol. The van der Waals surface area contributed by atoms with Gasteiger partial charge in [-0.15, -0.1) is 0 Å². The van der Waals surface area contributed by atoms with Gasteiger partial charge >= 0.3 is 0 Å². The smallest absolute Gasteiger partial charge is 0.299 e. The number of aromatic nitrogens is 2. The molecule has 440 valence electrons. The number of nitro benzene ring substituents is 2. The Labute approximate surface area is 496 Å². The number of benzene rings is 7. The number of hydrogen-bond donors (Lipinski definition) is 6. The molecule has 0 atom stereocenters. The molecule has 12 rings (SSSR count). The fourth-order valence-electron chi connectivity index (χ4n) is 10.6. The molecular weight excluding hydrogens is 1220 g/mol. The summed E-state index contributed by atoms with van der Waals surface area (Å²) in [5.74, 6) is 0.332. The molecule has 1 saturated heterocycles. The van der Waals surface area contributed by atoms with Crippen LogP contribution in [0.1, 0.15) is 57.5 Å². The van der Waals surface area contributed by atoms with E-state index in [1.54, 1.807) is 30.3 Å². The van der Waals surface area contributed by atoms with E-state index in [1.165, 1.54) is 60.7 Å². The van der Waals surface area contributed by atoms with Gasteiger partial charge in [0.05, 0.1) is 64.7 Å². The highest BCUT2D eigenvalue weighted by atomic mass is 79.9. The van der Waals surface area contributed by atoms with Crippen molar-refractivity contribution >= 4 is 121 Å². The lowest BCUT2D eigenvalue weighted by Gasteiger charge is -2.33. The molecule has 3 aliphatic rings. The number of nitro groups is 2. The molecule has 0 unspecified atom stereocenters. The summed E-state index contributed by atoms with van der Waals surface area (Å²) in [6.45, 7) is 2.62. The average Bonchev–Trinajstić information content (AvgIpc) is 1.49. The van der Waals surface area contributed by atoms with Crippen LogP contribution in [0.4, 0.5) is 45.5 Å². The van der Waals surface area contributed by atoms with Crippen LogP contribution in [0.2, 0.25) is 0 Å². The van der Waals surface area contributed by atoms with Crippen LogP contribution in [0, 0.1) is 26.1 Å². The highest BCUT2D eigenvalue weighted by Crippen LogP contribution is 2.48. The normalized spacial score (nSPS) is 13.6. The topological polar surface area (TPSA) is 359 Å². The van der Waals surface area contributed by atoms with E-state index in [9.17, 15) is 56.0 Å². The van der Waals surface area contributed by atoms with Gasteiger partial charge in [-0.25, -0.2) is 0 Å². The predicted octanol–water partition coefficient (Wildman–Crippen LogP) is 10.9. The Morgan fingerprint density at radius 1 is 0.651 bits per heavy atom. The number of non-ortho nitro benzene ring substituents is 1. The lowest BCUT2D eigenvalue weighted by atomic mass is 9.86. The Bertz CT molecular complexity index is 4450. The molecule has 6 N–H and O–H groups in total. The van der Waals surface area contributed by atoms with Crippen molar-refractivity contribution in [2.24, 2.45) is 5.92 Å². The van der Waals surface area contributed by atoms with Gasteiger partial charge < -0.3 is 40.0 Å². The van der Waals surface area contributed by atoms with Crippen molar-refractivity contribution in [3.05, 3.63) is 174 Å². The second-order valence-electron chi connectivity index (χ2n) is 20.1. The number of halogens is 1. The van der Waals surface area contributed by atoms with E-state index < -0.39 is 30.1 Å². The van der Waals surface area contributed by atoms with Crippen LogP contribution in [0.5, 0.6) is 0 Å². The molecule has 1 amide bonds. The quantitative estimate of drug-likeness (QED) is 0.0189. The number of ether oxygens (including phenoxy) is 1. The highest BCUT2D eigenvalue weighted by molar-refractivity contribution is 9.10. The number of nitrogens with zero attached hydrogens (tertiary/aromatic N) is 5. The van der Waals surface area contributed by atoms with Crippen LogP contribution in [0.3, 0.4) is 0 Å². The van der Waals surface area contributed by atoms with Gasteiger partial charge in [0.1, 0.15) is 16.7 Å². The summed E-state index contributed by atoms with van der Waals surface area (Å²) in [5, 5.41) is 44.3. The van der Waals surface area contributed by atoms with Crippen LogP contribution >= 0.6 is 15.9 Å². The van der Waals surface area contributed by atoms with Crippen molar-refractivity contribution in [2.75, 3.05) is 60.2 Å². The van der Waals surface area contributed by atoms with Crippen molar-refractivity contribution in [1.29, 1.82) is 0 Å². The van der Waals surface area contributed by atoms with Crippen LogP contribution in [0.25, 0.3) is 44.5 Å². The van der Waals surface area contributed by atoms with Crippen molar-refractivity contribution in [2.45, 2.75) is 35.5 Å². The van der Waals surface area contributed by atoms with Crippen LogP contribution in [-0.4, -0.2) is 103 Å². The van der Waals surface area contributed by atoms with Gasteiger partial charge in [0.2, 0.25) is 5.91 Å². The molecule has 25 nitrogen and oxygen atoms in total. The van der Waals surface area contributed by atoms with Crippen molar-refractivity contribution in [3.63, 3.8) is 0 Å². The lowest BCUT2D eigenvalue weighted by molar-refractivity contribution is -0.393. The first kappa shape index (κ1) is 58.3. The molecule has 0 saturated carbocycles. The summed E-state index contributed by atoms with van der Waals surface area (Å²) in [4.78, 5) is 62.8. The van der Waals surface area contributed by atoms with Gasteiger partial charge in [0.15, 0.2) is 23.1 Å². The minimum Gasteiger partial charge on any atom is -0.381 e. The van der Waals surface area contributed by atoms with Gasteiger partial charge in [-0.2, -0.15) is 16.8 Å². The zero-order valence-electron chi connectivity index (χ0n) is 44.8. The molecule has 86 heavy (non-hydrogen) atoms. The molecule has 3 heterocycles. The van der Waals surface area contributed by atoms with Crippen LogP contribution < -0.4 is 26.2 Å². The number of nitrogens with one attached hydrogen (secondary N) is 4. The molecule has 28 heteroatoms. The minimum absolute atomic E-state index is 0.0555. The molecule has 1 fully saturated rings. The maximum Gasteiger partial charge on any atom is 0.299 e. The van der Waals surface area contributed by atoms with Crippen molar-refractivity contribution < 1.29 is 64.0 Å². The second-order valence-corrected chi connectivity index (χ2v) is 23.8. The second kappa shape index (κ2) is 23.9. The first-order valence-corrected chi connectivity index (χ1v) is 30.2. The predicted molar refractivity (Wildman–Crippen MR) is 319 cm³/mol. The Morgan fingerprint density at radius 3 is 1.67 bits per heavy atom. The summed E-state index contributed by atoms with van der Waals surface area (Å²) in [5.41, 5.74) is 6.33. The number of carbonyl (C=O) groups is 3. The number of amides is 1. The maximum absolute atomic E-state index is 14.0. The van der Waals surface area contributed by atoms with E-state index >= 15 is 0 Å². The molecule has 0 spiro atoms. The zero-order chi connectivity index (χ0) is 60.6. The van der Waals surface area contributed by atoms with E-state index in [0.29, 0.717) is 165 Å². The Hall–Kier alpha value is -9.45. The van der Waals surface area contributed by atoms with Crippen LogP contribution in [-0.2, 0) is 29.8 Å². The summed E-state index contributed by atoms with van der Waals surface area (Å²) in [6.07, 6.45) is 2.26. The number of ketones is 2. The molecular formula is C58H48BrN9O16S2. The van der Waals surface area contributed by atoms with E-state index in [4.69, 9.17) is 18.3 Å². The number of piperidine rings is 1. The number of fused-ring (bicyclic) bond motifs is 4. The van der Waals surface area contributed by atoms with Gasteiger partial charge in [-0.3, -0.25) is 43.7 Å². The van der Waals surface area contributed by atoms with Gasteiger partial charge in [0, 0.05) is 89.5 Å². The van der Waals surface area contributed by atoms with Crippen molar-refractivity contribution in [1.82, 2.24) is 15.6 Å². The van der Waals surface area contributed by atoms with Crippen molar-refractivity contribution in [3.8, 4) is 22.6 Å². The largest absolute Gasteiger partial charge is 0.381 e. The summed E-state index contributed by atoms with van der Waals surface area (Å²) in [7, 11) is -8.68. The molecule has 0 radical (unpaired) electrons. The van der Waals surface area contributed by atoms with E-state index in [2.05, 4.69) is 52.4 Å². The van der Waals surface area contributed by atoms with Gasteiger partial charge in [-0.05, 0) is 108 Å². The third-order valence-electron chi connectivity index (χ3n) is 14.7. The zero-order valence-corrected chi connectivity index (χ0v) is 48.0. The third kappa shape index (κ3) is 11.7. The standard InChI is InChI=1S/C38H37N7O11S.C20H11BrN2O5S/c46-36-27-5-1-2-6-28(27)37-34-33(36)30(41-24-7-10-26(11-8-24)57(52,53)54)22-32(35(34)42-56-37)43-17-13-23(14-18-43)38(47)40-16-4-20-55-19-3-15-39-29-12-9-25(44(48)49)21-31(29)45(50)51;21-14-9-15(22-10-5-7-11(8-6-10)29(25,26)27)16-17-18(14)23-28-20(17)13-4-2-1-3-12(13)19(16)24/h1-2,5-12,21-23,39,41H,3-4,13-20H2,(H,40,47)(H,52,53,54);1-9,22H,(H,25,26,27). The van der Waals surface area contributed by atoms with Gasteiger partial charge in [0.25, 0.3) is 31.6 Å². The number of rotatable bonds is 19. The Balaban J connectivity index is 0.000000220. The number of carbonyl (C=O) groups excluding carboxylic acids is 3. The molecule has 2 aliphatic carbocycles. The van der Waals surface area contributed by atoms with E-state index in [0.717, 1.165) is 6.07 Å². The number of hydrogen-bond acceptors (Lipinski definition) is 20. The maximum atomic E-state index is 14.0. The first-order chi connectivity index (χ1) is 41.2. The Kier molecular flexibility index (Phi) is 16.2. The van der Waals surface area contributed by atoms with E-state index in [-0.39, 0.29) is 50.2 Å². The fourth-order valence-corrected chi connectivity index (χ4v) is 12.0. The highest BCUT2D eigenvalue weighted by Gasteiger charge is 2.36. The van der Waals surface area contributed by atoms with Crippen LogP contribution in [0.15, 0.2) is 151 Å². The molecule has 0 bridgehead atoms. The lowest BCUT2D eigenvalue weighted by Crippen LogP contribution is -2.41. The molecule has 9 aromatic rings. The molecule has 7 aromatic carbocycles. The first-order valence-electron chi connectivity index (χ1n) is 26.6. The summed E-state index contributed by atoms with van der Waals surface area (Å²) < 4.78 is 82.0. The monoisotopic (exact) mass is 1270 g/mol. The minimum atomic E-state index is -4.40. The Morgan fingerprint density at radius 2 is 1.15 bits per heavy atom. The summed E-state index contributed by atoms with van der Waals surface area (Å²) >= 11 is 3.47. The fraction of sp³-hybridized carbons (Fsp3) is 0.190. The SMILES string of the molecule is O=C1c2ccccc2-c2onc3c(Br)cc(Nc4ccc(S(=O)(=O)O)cc4)c1c23.O=C1c2ccccc2-c2onc3c(N4CCC(C(=O)NCCCOCCCNc5ccc([N+](=O)[O-])cc5[N+](=O)[O-])CC4)cc(Nc4ccc(S(=O)(=O)O)cc4)c1c23. The summed E-state index contributed by atoms with van der Waals surface area (Å²) in [6, 6.07) is 32.3. The number of anilines is 6. The molecule has 1 aliphatic heterocycles. The van der Waals surface area contributed by atoms with Gasteiger partial charge in [-0.1, -0.05) is 58.8 Å². The van der Waals surface area contributed by atoms with E-state index in [1.807, 2.05) is 30.3 Å². The third-order valence-corrected chi connectivity index (χ3v) is 17.1.